The van der Waals surface area contributed by atoms with Crippen LogP contribution in [0.1, 0.15) is 16.1 Å². The first-order valence-electron chi connectivity index (χ1n) is 5.59. The van der Waals surface area contributed by atoms with Gasteiger partial charge < -0.3 is 10.4 Å². The molecule has 5 nitrogen and oxygen atoms in total. The second-order valence-electron chi connectivity index (χ2n) is 4.18. The highest BCUT2D eigenvalue weighted by Gasteiger charge is 2.39. The first kappa shape index (κ1) is 15.2. The summed E-state index contributed by atoms with van der Waals surface area (Å²) >= 11 is 5.62. The molecule has 0 aliphatic heterocycles. The molecule has 0 saturated carbocycles. The Morgan fingerprint density at radius 1 is 1.43 bits per heavy atom. The molecule has 0 unspecified atom stereocenters. The zero-order valence-corrected chi connectivity index (χ0v) is 11.3. The molecule has 0 bridgehead atoms. The van der Waals surface area contributed by atoms with Gasteiger partial charge >= 0.3 is 6.18 Å². The number of phenols is 1. The average Bonchev–Trinajstić information content (AvgIpc) is 2.75. The van der Waals surface area contributed by atoms with Gasteiger partial charge in [0.05, 0.1) is 11.3 Å². The van der Waals surface area contributed by atoms with E-state index in [1.807, 2.05) is 0 Å². The van der Waals surface area contributed by atoms with Gasteiger partial charge in [-0.15, -0.1) is 0 Å². The summed E-state index contributed by atoms with van der Waals surface area (Å²) in [6, 6.07) is 3.81. The van der Waals surface area contributed by atoms with Crippen molar-refractivity contribution in [1.82, 2.24) is 9.78 Å². The number of aryl methyl sites for hydroxylation is 1. The quantitative estimate of drug-likeness (QED) is 0.836. The Hall–Kier alpha value is -2.22. The second kappa shape index (κ2) is 5.28. The number of hydrogen-bond acceptors (Lipinski definition) is 3. The molecule has 0 radical (unpaired) electrons. The van der Waals surface area contributed by atoms with Crippen molar-refractivity contribution in [2.75, 3.05) is 5.32 Å². The molecule has 2 aromatic rings. The van der Waals surface area contributed by atoms with Crippen molar-refractivity contribution in [2.45, 2.75) is 6.18 Å². The van der Waals surface area contributed by atoms with E-state index in [9.17, 15) is 23.1 Å². The summed E-state index contributed by atoms with van der Waals surface area (Å²) in [6.45, 7) is 0. The Morgan fingerprint density at radius 2 is 2.10 bits per heavy atom. The van der Waals surface area contributed by atoms with Crippen molar-refractivity contribution in [3.05, 3.63) is 40.7 Å². The number of halogens is 4. The van der Waals surface area contributed by atoms with E-state index in [1.165, 1.54) is 19.2 Å². The molecule has 1 aromatic heterocycles. The Morgan fingerprint density at radius 3 is 2.67 bits per heavy atom. The number of aromatic hydroxyl groups is 1. The lowest BCUT2D eigenvalue weighted by Crippen LogP contribution is -2.17. The van der Waals surface area contributed by atoms with Gasteiger partial charge in [0, 0.05) is 24.3 Å². The molecule has 21 heavy (non-hydrogen) atoms. The Bertz CT molecular complexity index is 698. The van der Waals surface area contributed by atoms with Crippen molar-refractivity contribution in [2.24, 2.45) is 7.05 Å². The number of benzene rings is 1. The number of rotatable bonds is 2. The molecule has 0 aliphatic carbocycles. The number of phenolic OH excluding ortho intramolecular Hbond substituents is 1. The smallest absolute Gasteiger partial charge is 0.435 e. The maximum atomic E-state index is 12.8. The number of anilines is 1. The molecule has 0 atom stereocenters. The average molecular weight is 320 g/mol. The minimum Gasteiger partial charge on any atom is -0.506 e. The Kier molecular flexibility index (Phi) is 3.82. The lowest BCUT2D eigenvalue weighted by Gasteiger charge is -2.08. The SMILES string of the molecule is Cn1cc(C(=O)Nc2ccc(Cl)cc2O)c(C(F)(F)F)n1. The molecular formula is C12H9ClF3N3O2. The fourth-order valence-corrected chi connectivity index (χ4v) is 1.83. The summed E-state index contributed by atoms with van der Waals surface area (Å²) in [4.78, 5) is 11.9. The summed E-state index contributed by atoms with van der Waals surface area (Å²) < 4.78 is 39.2. The fraction of sp³-hybridized carbons (Fsp3) is 0.167. The molecule has 1 heterocycles. The van der Waals surface area contributed by atoms with Gasteiger partial charge in [0.25, 0.3) is 5.91 Å². The summed E-state index contributed by atoms with van der Waals surface area (Å²) in [6.07, 6.45) is -3.80. The number of carbonyl (C=O) groups excluding carboxylic acids is 1. The van der Waals surface area contributed by atoms with Crippen LogP contribution in [0.3, 0.4) is 0 Å². The van der Waals surface area contributed by atoms with Gasteiger partial charge in [-0.05, 0) is 12.1 Å². The second-order valence-corrected chi connectivity index (χ2v) is 4.61. The lowest BCUT2D eigenvalue weighted by molar-refractivity contribution is -0.141. The van der Waals surface area contributed by atoms with Crippen LogP contribution in [0.2, 0.25) is 5.02 Å². The largest absolute Gasteiger partial charge is 0.506 e. The number of nitrogens with zero attached hydrogens (tertiary/aromatic N) is 2. The van der Waals surface area contributed by atoms with Gasteiger partial charge in [-0.2, -0.15) is 18.3 Å². The van der Waals surface area contributed by atoms with Crippen molar-refractivity contribution in [3.63, 3.8) is 0 Å². The van der Waals surface area contributed by atoms with E-state index >= 15 is 0 Å². The molecule has 0 aliphatic rings. The van der Waals surface area contributed by atoms with Crippen LogP contribution in [0.5, 0.6) is 5.75 Å². The van der Waals surface area contributed by atoms with Gasteiger partial charge in [0.2, 0.25) is 0 Å². The standard InChI is InChI=1S/C12H9ClF3N3O2/c1-19-5-7(10(18-19)12(14,15)16)11(21)17-8-3-2-6(13)4-9(8)20/h2-5,20H,1H3,(H,17,21). The minimum atomic E-state index is -4.75. The summed E-state index contributed by atoms with van der Waals surface area (Å²) in [7, 11) is 1.27. The molecule has 0 spiro atoms. The van der Waals surface area contributed by atoms with Crippen LogP contribution >= 0.6 is 11.6 Å². The molecule has 1 amide bonds. The molecule has 2 N–H and O–H groups in total. The maximum Gasteiger partial charge on any atom is 0.435 e. The Labute approximate surface area is 121 Å². The van der Waals surface area contributed by atoms with E-state index in [4.69, 9.17) is 11.6 Å². The third kappa shape index (κ3) is 3.27. The third-order valence-corrected chi connectivity index (χ3v) is 2.79. The van der Waals surface area contributed by atoms with Crippen LogP contribution < -0.4 is 5.32 Å². The van der Waals surface area contributed by atoms with Crippen LogP contribution in [0.15, 0.2) is 24.4 Å². The van der Waals surface area contributed by atoms with E-state index in [0.717, 1.165) is 16.9 Å². The highest BCUT2D eigenvalue weighted by atomic mass is 35.5. The van der Waals surface area contributed by atoms with Crippen molar-refractivity contribution in [3.8, 4) is 5.75 Å². The van der Waals surface area contributed by atoms with E-state index in [2.05, 4.69) is 10.4 Å². The highest BCUT2D eigenvalue weighted by molar-refractivity contribution is 6.30. The lowest BCUT2D eigenvalue weighted by atomic mass is 10.2. The van der Waals surface area contributed by atoms with Crippen molar-refractivity contribution in [1.29, 1.82) is 0 Å². The van der Waals surface area contributed by atoms with Crippen LogP contribution in [0, 0.1) is 0 Å². The van der Waals surface area contributed by atoms with E-state index in [1.54, 1.807) is 0 Å². The van der Waals surface area contributed by atoms with Crippen molar-refractivity contribution >= 4 is 23.2 Å². The number of nitrogens with one attached hydrogen (secondary N) is 1. The van der Waals surface area contributed by atoms with Gasteiger partial charge in [-0.1, -0.05) is 11.6 Å². The zero-order valence-electron chi connectivity index (χ0n) is 10.6. The molecular weight excluding hydrogens is 311 g/mol. The zero-order chi connectivity index (χ0) is 15.8. The normalized spacial score (nSPS) is 11.5. The van der Waals surface area contributed by atoms with E-state index in [-0.39, 0.29) is 16.5 Å². The predicted molar refractivity (Wildman–Crippen MR) is 69.3 cm³/mol. The maximum absolute atomic E-state index is 12.8. The van der Waals surface area contributed by atoms with Gasteiger partial charge in [-0.25, -0.2) is 0 Å². The molecule has 0 saturated heterocycles. The monoisotopic (exact) mass is 319 g/mol. The third-order valence-electron chi connectivity index (χ3n) is 2.55. The highest BCUT2D eigenvalue weighted by Crippen LogP contribution is 2.32. The van der Waals surface area contributed by atoms with Gasteiger partial charge in [0.15, 0.2) is 5.69 Å². The number of amides is 1. The minimum absolute atomic E-state index is 0.0543. The number of hydrogen-bond donors (Lipinski definition) is 2. The summed E-state index contributed by atoms with van der Waals surface area (Å²) in [5.74, 6) is -1.39. The van der Waals surface area contributed by atoms with Crippen LogP contribution in [-0.4, -0.2) is 20.8 Å². The topological polar surface area (TPSA) is 67.2 Å². The first-order valence-corrected chi connectivity index (χ1v) is 5.97. The number of carbonyl (C=O) groups is 1. The number of aromatic nitrogens is 2. The first-order chi connectivity index (χ1) is 9.68. The molecule has 2 rings (SSSR count). The Balaban J connectivity index is 2.33. The van der Waals surface area contributed by atoms with E-state index < -0.39 is 23.3 Å². The number of alkyl halides is 3. The predicted octanol–water partition coefficient (Wildman–Crippen LogP) is 3.05. The van der Waals surface area contributed by atoms with Crippen LogP contribution in [0.4, 0.5) is 18.9 Å². The fourth-order valence-electron chi connectivity index (χ4n) is 1.66. The summed E-state index contributed by atoms with van der Waals surface area (Å²) in [5, 5.41) is 15.2. The molecule has 112 valence electrons. The van der Waals surface area contributed by atoms with Crippen LogP contribution in [-0.2, 0) is 13.2 Å². The molecule has 1 aromatic carbocycles. The van der Waals surface area contributed by atoms with Gasteiger partial charge in [0.1, 0.15) is 5.75 Å². The van der Waals surface area contributed by atoms with Crippen LogP contribution in [0.25, 0.3) is 0 Å². The van der Waals surface area contributed by atoms with E-state index in [0.29, 0.717) is 0 Å². The van der Waals surface area contributed by atoms with Crippen molar-refractivity contribution < 1.29 is 23.1 Å². The molecule has 9 heteroatoms. The molecule has 0 fully saturated rings. The summed E-state index contributed by atoms with van der Waals surface area (Å²) in [5.41, 5.74) is -1.99. The van der Waals surface area contributed by atoms with Gasteiger partial charge in [-0.3, -0.25) is 9.48 Å².